The lowest BCUT2D eigenvalue weighted by atomic mass is 10.3. The van der Waals surface area contributed by atoms with Crippen LogP contribution in [0.15, 0.2) is 11.6 Å². The summed E-state index contributed by atoms with van der Waals surface area (Å²) in [5.74, 6) is 0. The molecule has 0 bridgehead atoms. The van der Waals surface area contributed by atoms with Gasteiger partial charge in [0, 0.05) is 5.41 Å². The molecule has 1 heteroatoms. The average molecular weight is 94.1 g/mol. The molecule has 1 nitrogen and oxygen atoms in total. The van der Waals surface area contributed by atoms with Crippen LogP contribution < -0.4 is 0 Å². The maximum atomic E-state index is 9.95. The van der Waals surface area contributed by atoms with Gasteiger partial charge in [-0.15, -0.1) is 0 Å². The molecular formula is C6H6O. The minimum absolute atomic E-state index is 0.391. The molecule has 0 aromatic rings. The highest BCUT2D eigenvalue weighted by atomic mass is 16.1. The van der Waals surface area contributed by atoms with E-state index in [0.29, 0.717) is 5.41 Å². The summed E-state index contributed by atoms with van der Waals surface area (Å²) in [6.07, 6.45) is 5.52. The van der Waals surface area contributed by atoms with E-state index in [1.807, 2.05) is 0 Å². The van der Waals surface area contributed by atoms with E-state index in [1.165, 1.54) is 12.8 Å². The van der Waals surface area contributed by atoms with Crippen LogP contribution in [0.25, 0.3) is 0 Å². The molecule has 0 aliphatic heterocycles. The molecular weight excluding hydrogens is 88.1 g/mol. The van der Waals surface area contributed by atoms with Crippen molar-refractivity contribution < 1.29 is 4.79 Å². The summed E-state index contributed by atoms with van der Waals surface area (Å²) < 4.78 is 0. The first-order chi connectivity index (χ1) is 3.37. The van der Waals surface area contributed by atoms with Gasteiger partial charge in [-0.1, -0.05) is 6.08 Å². The van der Waals surface area contributed by atoms with Crippen LogP contribution in [0.1, 0.15) is 12.8 Å². The summed E-state index contributed by atoms with van der Waals surface area (Å²) in [5, 5.41) is 0. The van der Waals surface area contributed by atoms with E-state index in [1.54, 1.807) is 0 Å². The van der Waals surface area contributed by atoms with E-state index in [0.717, 1.165) is 11.9 Å². The lowest BCUT2D eigenvalue weighted by molar-refractivity contribution is -0.104. The van der Waals surface area contributed by atoms with Crippen LogP contribution in [-0.4, -0.2) is 6.29 Å². The second-order valence-electron chi connectivity index (χ2n) is 2.37. The number of rotatable bonds is 1. The minimum atomic E-state index is 0.391. The van der Waals surface area contributed by atoms with E-state index in [9.17, 15) is 4.79 Å². The van der Waals surface area contributed by atoms with Gasteiger partial charge in [-0.3, -0.25) is 4.79 Å². The Bertz CT molecular complexity index is 152. The molecule has 0 heterocycles. The van der Waals surface area contributed by atoms with Crippen LogP contribution in [0.4, 0.5) is 0 Å². The zero-order valence-electron chi connectivity index (χ0n) is 3.98. The van der Waals surface area contributed by atoms with Gasteiger partial charge in [0.05, 0.1) is 0 Å². The number of hydrogen-bond acceptors (Lipinski definition) is 1. The first-order valence-corrected chi connectivity index (χ1v) is 2.56. The van der Waals surface area contributed by atoms with Crippen molar-refractivity contribution in [2.75, 3.05) is 0 Å². The Morgan fingerprint density at radius 1 is 1.71 bits per heavy atom. The predicted molar refractivity (Wildman–Crippen MR) is 25.8 cm³/mol. The predicted octanol–water partition coefficient (Wildman–Crippen LogP) is 0.905. The van der Waals surface area contributed by atoms with E-state index in [-0.39, 0.29) is 0 Å². The quantitative estimate of drug-likeness (QED) is 0.441. The molecule has 0 unspecified atom stereocenters. The molecule has 0 aromatic carbocycles. The summed E-state index contributed by atoms with van der Waals surface area (Å²) in [6, 6.07) is 0. The molecule has 1 spiro atoms. The Morgan fingerprint density at radius 2 is 2.43 bits per heavy atom. The number of allylic oxidation sites excluding steroid dienone is 2. The number of aldehydes is 1. The highest BCUT2D eigenvalue weighted by Crippen LogP contribution is 2.63. The Balaban J connectivity index is 2.18. The SMILES string of the molecule is O=CC1=CC12CC2. The highest BCUT2D eigenvalue weighted by molar-refractivity contribution is 5.85. The summed E-state index contributed by atoms with van der Waals surface area (Å²) in [5.41, 5.74) is 1.44. The molecule has 7 heavy (non-hydrogen) atoms. The summed E-state index contributed by atoms with van der Waals surface area (Å²) in [6.45, 7) is 0. The summed E-state index contributed by atoms with van der Waals surface area (Å²) in [7, 11) is 0. The monoisotopic (exact) mass is 94.0 g/mol. The smallest absolute Gasteiger partial charge is 0.146 e. The van der Waals surface area contributed by atoms with Gasteiger partial charge in [0.1, 0.15) is 6.29 Å². The Labute approximate surface area is 42.0 Å². The second-order valence-corrected chi connectivity index (χ2v) is 2.37. The standard InChI is InChI=1S/C6H6O/c7-4-5-3-6(5)1-2-6/h3-4H,1-2H2. The Morgan fingerprint density at radius 3 is 2.57 bits per heavy atom. The van der Waals surface area contributed by atoms with E-state index in [2.05, 4.69) is 6.08 Å². The minimum Gasteiger partial charge on any atom is -0.298 e. The maximum Gasteiger partial charge on any atom is 0.146 e. The molecule has 0 N–H and O–H groups in total. The molecule has 0 radical (unpaired) electrons. The first kappa shape index (κ1) is 3.42. The normalized spacial score (nSPS) is 29.4. The fourth-order valence-electron chi connectivity index (χ4n) is 0.981. The van der Waals surface area contributed by atoms with Crippen molar-refractivity contribution >= 4 is 6.29 Å². The second kappa shape index (κ2) is 0.683. The van der Waals surface area contributed by atoms with E-state index >= 15 is 0 Å². The molecule has 1 saturated carbocycles. The van der Waals surface area contributed by atoms with E-state index in [4.69, 9.17) is 0 Å². The third-order valence-electron chi connectivity index (χ3n) is 1.84. The topological polar surface area (TPSA) is 17.1 Å². The number of carbonyl (C=O) groups excluding carboxylic acids is 1. The third-order valence-corrected chi connectivity index (χ3v) is 1.84. The Kier molecular flexibility index (Phi) is 0.333. The van der Waals surface area contributed by atoms with Gasteiger partial charge in [-0.25, -0.2) is 0 Å². The van der Waals surface area contributed by atoms with Gasteiger partial charge in [0.15, 0.2) is 0 Å². The molecule has 0 atom stereocenters. The number of hydrogen-bond donors (Lipinski definition) is 0. The lowest BCUT2D eigenvalue weighted by Crippen LogP contribution is -1.74. The van der Waals surface area contributed by atoms with Gasteiger partial charge in [-0.05, 0) is 18.4 Å². The van der Waals surface area contributed by atoms with Crippen LogP contribution in [0.2, 0.25) is 0 Å². The molecule has 0 amide bonds. The molecule has 0 saturated heterocycles. The molecule has 0 aromatic heterocycles. The maximum absolute atomic E-state index is 9.95. The van der Waals surface area contributed by atoms with Gasteiger partial charge in [-0.2, -0.15) is 0 Å². The first-order valence-electron chi connectivity index (χ1n) is 2.56. The third kappa shape index (κ3) is 0.265. The molecule has 1 fully saturated rings. The van der Waals surface area contributed by atoms with Crippen molar-refractivity contribution in [1.82, 2.24) is 0 Å². The van der Waals surface area contributed by atoms with Crippen LogP contribution in [0, 0.1) is 5.41 Å². The van der Waals surface area contributed by atoms with Crippen LogP contribution in [0.3, 0.4) is 0 Å². The largest absolute Gasteiger partial charge is 0.298 e. The molecule has 2 rings (SSSR count). The zero-order valence-corrected chi connectivity index (χ0v) is 3.98. The van der Waals surface area contributed by atoms with Crippen molar-refractivity contribution in [3.05, 3.63) is 11.6 Å². The van der Waals surface area contributed by atoms with Gasteiger partial charge >= 0.3 is 0 Å². The van der Waals surface area contributed by atoms with Crippen molar-refractivity contribution in [3.63, 3.8) is 0 Å². The fourth-order valence-corrected chi connectivity index (χ4v) is 0.981. The summed E-state index contributed by atoms with van der Waals surface area (Å²) >= 11 is 0. The van der Waals surface area contributed by atoms with Crippen molar-refractivity contribution in [3.8, 4) is 0 Å². The summed E-state index contributed by atoms with van der Waals surface area (Å²) in [4.78, 5) is 9.95. The fraction of sp³-hybridized carbons (Fsp3) is 0.500. The highest BCUT2D eigenvalue weighted by Gasteiger charge is 2.53. The van der Waals surface area contributed by atoms with Gasteiger partial charge < -0.3 is 0 Å². The van der Waals surface area contributed by atoms with Crippen molar-refractivity contribution in [1.29, 1.82) is 0 Å². The van der Waals surface area contributed by atoms with Crippen LogP contribution in [-0.2, 0) is 4.79 Å². The van der Waals surface area contributed by atoms with Crippen LogP contribution >= 0.6 is 0 Å². The van der Waals surface area contributed by atoms with Gasteiger partial charge in [0.25, 0.3) is 0 Å². The molecule has 2 aliphatic carbocycles. The molecule has 36 valence electrons. The van der Waals surface area contributed by atoms with Gasteiger partial charge in [0.2, 0.25) is 0 Å². The lowest BCUT2D eigenvalue weighted by Gasteiger charge is -1.74. The van der Waals surface area contributed by atoms with Crippen molar-refractivity contribution in [2.24, 2.45) is 5.41 Å². The molecule has 2 aliphatic rings. The van der Waals surface area contributed by atoms with E-state index < -0.39 is 0 Å². The zero-order chi connectivity index (χ0) is 4.91. The average Bonchev–Trinajstić information content (AvgIpc) is 2.52. The van der Waals surface area contributed by atoms with Crippen LogP contribution in [0.5, 0.6) is 0 Å². The number of carbonyl (C=O) groups is 1. The van der Waals surface area contributed by atoms with Crippen molar-refractivity contribution in [2.45, 2.75) is 12.8 Å². The Hall–Kier alpha value is -0.590.